The molecule has 0 aromatic carbocycles. The lowest BCUT2D eigenvalue weighted by Gasteiger charge is -2.32. The fourth-order valence-corrected chi connectivity index (χ4v) is 4.60. The van der Waals surface area contributed by atoms with E-state index in [9.17, 15) is 9.59 Å². The van der Waals surface area contributed by atoms with Gasteiger partial charge in [-0.2, -0.15) is 0 Å². The van der Waals surface area contributed by atoms with Crippen molar-refractivity contribution in [1.29, 1.82) is 0 Å². The first kappa shape index (κ1) is 19.1. The number of aromatic nitrogens is 2. The molecule has 0 spiro atoms. The molecule has 3 heterocycles. The number of nitrogens with zero attached hydrogens (tertiary/aromatic N) is 3. The maximum atomic E-state index is 12.4. The summed E-state index contributed by atoms with van der Waals surface area (Å²) in [4.78, 5) is 37.6. The number of fused-ring (bicyclic) bond motifs is 1. The van der Waals surface area contributed by atoms with Gasteiger partial charge in [0.2, 0.25) is 5.91 Å². The molecule has 8 heteroatoms. The number of ether oxygens (including phenoxy) is 1. The molecule has 1 aliphatic carbocycles. The van der Waals surface area contributed by atoms with Crippen LogP contribution in [0.25, 0.3) is 10.2 Å². The van der Waals surface area contributed by atoms with E-state index < -0.39 is 0 Å². The van der Waals surface area contributed by atoms with Crippen LogP contribution in [0.5, 0.6) is 0 Å². The third kappa shape index (κ3) is 4.11. The number of rotatable bonds is 6. The van der Waals surface area contributed by atoms with Crippen molar-refractivity contribution in [2.45, 2.75) is 39.5 Å². The molecule has 1 saturated carbocycles. The van der Waals surface area contributed by atoms with E-state index in [4.69, 9.17) is 4.74 Å². The fraction of sp³-hybridized carbons (Fsp3) is 0.600. The van der Waals surface area contributed by atoms with Crippen LogP contribution < -0.4 is 10.2 Å². The fourth-order valence-electron chi connectivity index (χ4n) is 3.61. The number of nitrogens with one attached hydrogen (secondary N) is 1. The Morgan fingerprint density at radius 3 is 2.68 bits per heavy atom. The largest absolute Gasteiger partial charge is 0.464 e. The molecule has 0 bridgehead atoms. The predicted molar refractivity (Wildman–Crippen MR) is 109 cm³/mol. The first-order valence-electron chi connectivity index (χ1n) is 9.92. The zero-order chi connectivity index (χ0) is 19.7. The Labute approximate surface area is 168 Å². The molecule has 0 unspecified atom stereocenters. The van der Waals surface area contributed by atoms with Gasteiger partial charge < -0.3 is 15.0 Å². The number of hydrogen-bond acceptors (Lipinski definition) is 7. The Hall–Kier alpha value is -2.22. The number of piperidine rings is 1. The van der Waals surface area contributed by atoms with Crippen molar-refractivity contribution in [1.82, 2.24) is 15.3 Å². The van der Waals surface area contributed by atoms with Crippen LogP contribution >= 0.6 is 11.3 Å². The van der Waals surface area contributed by atoms with Crippen LogP contribution in [0.2, 0.25) is 0 Å². The molecule has 1 N–H and O–H groups in total. The lowest BCUT2D eigenvalue weighted by Crippen LogP contribution is -2.42. The van der Waals surface area contributed by atoms with Gasteiger partial charge in [0.15, 0.2) is 0 Å². The van der Waals surface area contributed by atoms with Gasteiger partial charge in [0.25, 0.3) is 0 Å². The van der Waals surface area contributed by atoms with Crippen molar-refractivity contribution >= 4 is 39.2 Å². The normalized spacial score (nSPS) is 17.7. The molecule has 1 amide bonds. The summed E-state index contributed by atoms with van der Waals surface area (Å²) >= 11 is 1.70. The topological polar surface area (TPSA) is 84.4 Å². The molecule has 2 aliphatic rings. The van der Waals surface area contributed by atoms with Crippen LogP contribution in [-0.4, -0.2) is 48.1 Å². The second kappa shape index (κ2) is 8.03. The van der Waals surface area contributed by atoms with Crippen LogP contribution in [-0.2, 0) is 14.3 Å². The minimum absolute atomic E-state index is 0.0360. The first-order valence-corrected chi connectivity index (χ1v) is 10.7. The highest BCUT2D eigenvalue weighted by molar-refractivity contribution is 7.18. The lowest BCUT2D eigenvalue weighted by atomic mass is 9.95. The number of carbonyl (C=O) groups excluding carboxylic acids is 2. The molecule has 2 aromatic heterocycles. The van der Waals surface area contributed by atoms with E-state index in [0.717, 1.165) is 54.8 Å². The second-order valence-corrected chi connectivity index (χ2v) is 8.97. The van der Waals surface area contributed by atoms with Gasteiger partial charge >= 0.3 is 5.97 Å². The summed E-state index contributed by atoms with van der Waals surface area (Å²) in [7, 11) is 0. The molecule has 7 nitrogen and oxygen atoms in total. The lowest BCUT2D eigenvalue weighted by molar-refractivity contribution is -0.144. The quantitative estimate of drug-likeness (QED) is 0.748. The van der Waals surface area contributed by atoms with Crippen molar-refractivity contribution in [3.63, 3.8) is 0 Å². The number of amides is 1. The summed E-state index contributed by atoms with van der Waals surface area (Å²) in [6.07, 6.45) is 5.40. The SMILES string of the molecule is Cc1sc2ncnc(N3CCC(C(=O)NCC(=O)OCC4CC4)CC3)c2c1C. The Kier molecular flexibility index (Phi) is 5.48. The molecule has 4 rings (SSSR count). The van der Waals surface area contributed by atoms with Crippen LogP contribution in [0.15, 0.2) is 6.33 Å². The molecule has 1 aliphatic heterocycles. The van der Waals surface area contributed by atoms with E-state index in [1.165, 1.54) is 10.4 Å². The molecule has 2 fully saturated rings. The third-order valence-electron chi connectivity index (χ3n) is 5.69. The summed E-state index contributed by atoms with van der Waals surface area (Å²) in [6, 6.07) is 0. The zero-order valence-electron chi connectivity index (χ0n) is 16.4. The summed E-state index contributed by atoms with van der Waals surface area (Å²) in [5.74, 6) is 1.03. The van der Waals surface area contributed by atoms with Crippen LogP contribution in [0.3, 0.4) is 0 Å². The van der Waals surface area contributed by atoms with Crippen molar-refractivity contribution < 1.29 is 14.3 Å². The number of hydrogen-bond donors (Lipinski definition) is 1. The highest BCUT2D eigenvalue weighted by atomic mass is 32.1. The standard InChI is InChI=1S/C20H26N4O3S/c1-12-13(2)28-20-17(12)18(22-11-23-20)24-7-5-15(6-8-24)19(26)21-9-16(25)27-10-14-3-4-14/h11,14-15H,3-10H2,1-2H3,(H,21,26). The average molecular weight is 403 g/mol. The van der Waals surface area contributed by atoms with Gasteiger partial charge in [-0.05, 0) is 51.0 Å². The highest BCUT2D eigenvalue weighted by Crippen LogP contribution is 2.35. The van der Waals surface area contributed by atoms with Gasteiger partial charge in [0.1, 0.15) is 23.5 Å². The number of esters is 1. The monoisotopic (exact) mass is 402 g/mol. The number of anilines is 1. The van der Waals surface area contributed by atoms with Gasteiger partial charge in [-0.3, -0.25) is 9.59 Å². The van der Waals surface area contributed by atoms with E-state index in [-0.39, 0.29) is 24.3 Å². The van der Waals surface area contributed by atoms with E-state index in [1.54, 1.807) is 17.7 Å². The minimum Gasteiger partial charge on any atom is -0.464 e. The molecule has 1 saturated heterocycles. The van der Waals surface area contributed by atoms with E-state index in [2.05, 4.69) is 34.0 Å². The molecule has 0 atom stereocenters. The highest BCUT2D eigenvalue weighted by Gasteiger charge is 2.28. The Bertz CT molecular complexity index is 885. The van der Waals surface area contributed by atoms with Crippen LogP contribution in [0.1, 0.15) is 36.1 Å². The molecule has 0 radical (unpaired) electrons. The van der Waals surface area contributed by atoms with E-state index in [1.807, 2.05) is 0 Å². The van der Waals surface area contributed by atoms with Crippen molar-refractivity contribution in [2.24, 2.45) is 11.8 Å². The third-order valence-corrected chi connectivity index (χ3v) is 6.81. The summed E-state index contributed by atoms with van der Waals surface area (Å²) in [5, 5.41) is 3.87. The van der Waals surface area contributed by atoms with Gasteiger partial charge in [0.05, 0.1) is 12.0 Å². The Morgan fingerprint density at radius 1 is 1.21 bits per heavy atom. The smallest absolute Gasteiger partial charge is 0.325 e. The number of aryl methyl sites for hydroxylation is 2. The van der Waals surface area contributed by atoms with Crippen molar-refractivity contribution in [2.75, 3.05) is 31.1 Å². The molecular formula is C20H26N4O3S. The number of thiophene rings is 1. The summed E-state index contributed by atoms with van der Waals surface area (Å²) in [6.45, 7) is 6.21. The Balaban J connectivity index is 1.31. The summed E-state index contributed by atoms with van der Waals surface area (Å²) < 4.78 is 5.16. The molecule has 2 aromatic rings. The minimum atomic E-state index is -0.343. The van der Waals surface area contributed by atoms with Gasteiger partial charge in [-0.1, -0.05) is 0 Å². The number of carbonyl (C=O) groups is 2. The van der Waals surface area contributed by atoms with Crippen molar-refractivity contribution in [3.8, 4) is 0 Å². The maximum Gasteiger partial charge on any atom is 0.325 e. The van der Waals surface area contributed by atoms with Gasteiger partial charge in [0, 0.05) is 23.9 Å². The maximum absolute atomic E-state index is 12.4. The van der Waals surface area contributed by atoms with E-state index in [0.29, 0.717) is 12.5 Å². The van der Waals surface area contributed by atoms with Gasteiger partial charge in [-0.15, -0.1) is 11.3 Å². The average Bonchev–Trinajstić information content (AvgIpc) is 3.49. The van der Waals surface area contributed by atoms with Crippen LogP contribution in [0, 0.1) is 25.7 Å². The molecule has 150 valence electrons. The van der Waals surface area contributed by atoms with Gasteiger partial charge in [-0.25, -0.2) is 9.97 Å². The second-order valence-electron chi connectivity index (χ2n) is 7.77. The zero-order valence-corrected chi connectivity index (χ0v) is 17.2. The summed E-state index contributed by atoms with van der Waals surface area (Å²) in [5.41, 5.74) is 1.24. The first-order chi connectivity index (χ1) is 13.5. The molecule has 28 heavy (non-hydrogen) atoms. The molecular weight excluding hydrogens is 376 g/mol. The predicted octanol–water partition coefficient (Wildman–Crippen LogP) is 2.59. The Morgan fingerprint density at radius 2 is 1.96 bits per heavy atom. The van der Waals surface area contributed by atoms with Crippen LogP contribution in [0.4, 0.5) is 5.82 Å². The van der Waals surface area contributed by atoms with Crippen molar-refractivity contribution in [3.05, 3.63) is 16.8 Å². The van der Waals surface area contributed by atoms with E-state index >= 15 is 0 Å².